The first-order valence-corrected chi connectivity index (χ1v) is 10.9. The smallest absolute Gasteiger partial charge is 0.311 e. The number of fused-ring (bicyclic) bond motifs is 2. The van der Waals surface area contributed by atoms with Crippen LogP contribution >= 0.6 is 0 Å². The third kappa shape index (κ3) is 2.30. The molecule has 4 nitrogen and oxygen atoms in total. The summed E-state index contributed by atoms with van der Waals surface area (Å²) in [6.07, 6.45) is 7.64. The lowest BCUT2D eigenvalue weighted by atomic mass is 9.53. The van der Waals surface area contributed by atoms with Crippen LogP contribution in [0.2, 0.25) is 0 Å². The summed E-state index contributed by atoms with van der Waals surface area (Å²) in [5.74, 6) is 0.944. The Morgan fingerprint density at radius 1 is 1.19 bits per heavy atom. The van der Waals surface area contributed by atoms with Gasteiger partial charge in [-0.1, -0.05) is 34.1 Å². The normalized spacial score (nSPS) is 52.6. The fourth-order valence-corrected chi connectivity index (χ4v) is 7.42. The Morgan fingerprint density at radius 3 is 2.77 bits per heavy atom. The fourth-order valence-electron chi connectivity index (χ4n) is 7.42. The second-order valence-corrected chi connectivity index (χ2v) is 11.1. The first kappa shape index (κ1) is 17.5. The molecule has 0 aromatic heterocycles. The molecule has 0 radical (unpaired) electrons. The SMILES string of the molecule is C[C@@H]1CCC[C@]2(C)C[C@H]3OC(=O)[C@@H](CN4CCCC(C)(C)C4)[C@H]3[C@@H]3O[C@@]132. The van der Waals surface area contributed by atoms with Crippen molar-refractivity contribution in [1.82, 2.24) is 4.90 Å². The molecule has 3 aliphatic heterocycles. The Hall–Kier alpha value is -0.610. The number of likely N-dealkylation sites (tertiary alicyclic amines) is 1. The zero-order valence-corrected chi connectivity index (χ0v) is 16.9. The summed E-state index contributed by atoms with van der Waals surface area (Å²) in [6, 6.07) is 0. The van der Waals surface area contributed by atoms with E-state index in [0.29, 0.717) is 11.3 Å². The first-order chi connectivity index (χ1) is 12.3. The Morgan fingerprint density at radius 2 is 2.00 bits per heavy atom. The maximum atomic E-state index is 12.8. The van der Waals surface area contributed by atoms with E-state index in [9.17, 15) is 4.79 Å². The van der Waals surface area contributed by atoms with Gasteiger partial charge in [-0.05, 0) is 50.0 Å². The van der Waals surface area contributed by atoms with Gasteiger partial charge >= 0.3 is 5.97 Å². The van der Waals surface area contributed by atoms with Crippen LogP contribution in [0.3, 0.4) is 0 Å². The zero-order chi connectivity index (χ0) is 18.3. The van der Waals surface area contributed by atoms with E-state index >= 15 is 0 Å². The van der Waals surface area contributed by atoms with Crippen LogP contribution in [0.1, 0.15) is 66.2 Å². The largest absolute Gasteiger partial charge is 0.462 e. The lowest BCUT2D eigenvalue weighted by Gasteiger charge is -2.49. The van der Waals surface area contributed by atoms with Crippen molar-refractivity contribution >= 4 is 5.97 Å². The van der Waals surface area contributed by atoms with Crippen LogP contribution in [0, 0.1) is 28.6 Å². The van der Waals surface area contributed by atoms with Crippen molar-refractivity contribution in [3.63, 3.8) is 0 Å². The quantitative estimate of drug-likeness (QED) is 0.556. The van der Waals surface area contributed by atoms with Crippen molar-refractivity contribution in [2.45, 2.75) is 84.0 Å². The van der Waals surface area contributed by atoms with Gasteiger partial charge in [-0.2, -0.15) is 0 Å². The molecule has 0 aromatic rings. The van der Waals surface area contributed by atoms with Crippen LogP contribution < -0.4 is 0 Å². The highest BCUT2D eigenvalue weighted by molar-refractivity contribution is 5.76. The fraction of sp³-hybridized carbons (Fsp3) is 0.955. The molecule has 7 atom stereocenters. The van der Waals surface area contributed by atoms with Gasteiger partial charge in [-0.25, -0.2) is 0 Å². The molecule has 0 amide bonds. The molecular weight excluding hydrogens is 326 g/mol. The molecule has 0 unspecified atom stereocenters. The number of carbonyl (C=O) groups excluding carboxylic acids is 1. The number of esters is 1. The molecule has 0 N–H and O–H groups in total. The molecule has 2 saturated carbocycles. The molecule has 0 aromatic carbocycles. The predicted octanol–water partition coefficient (Wildman–Crippen LogP) is 3.63. The lowest BCUT2D eigenvalue weighted by Crippen LogP contribution is -2.55. The van der Waals surface area contributed by atoms with E-state index in [-0.39, 0.29) is 41.0 Å². The Balaban J connectivity index is 1.38. The van der Waals surface area contributed by atoms with Gasteiger partial charge in [0.05, 0.1) is 12.0 Å². The molecule has 1 spiro atoms. The van der Waals surface area contributed by atoms with Gasteiger partial charge in [0.2, 0.25) is 0 Å². The van der Waals surface area contributed by atoms with Crippen LogP contribution in [0.5, 0.6) is 0 Å². The number of nitrogens with zero attached hydrogens (tertiary/aromatic N) is 1. The maximum absolute atomic E-state index is 12.8. The second-order valence-electron chi connectivity index (χ2n) is 11.1. The summed E-state index contributed by atoms with van der Waals surface area (Å²) in [5, 5.41) is 0. The third-order valence-corrected chi connectivity index (χ3v) is 8.63. The van der Waals surface area contributed by atoms with E-state index in [0.717, 1.165) is 26.1 Å². The summed E-state index contributed by atoms with van der Waals surface area (Å²) in [4.78, 5) is 15.3. The van der Waals surface area contributed by atoms with Crippen LogP contribution in [-0.4, -0.2) is 48.3 Å². The number of ether oxygens (including phenoxy) is 2. The highest BCUT2D eigenvalue weighted by atomic mass is 16.6. The number of hydrogen-bond acceptors (Lipinski definition) is 4. The maximum Gasteiger partial charge on any atom is 0.311 e. The van der Waals surface area contributed by atoms with Crippen molar-refractivity contribution in [2.24, 2.45) is 28.6 Å². The average molecular weight is 362 g/mol. The Labute approximate surface area is 158 Å². The van der Waals surface area contributed by atoms with E-state index in [1.807, 2.05) is 0 Å². The number of hydrogen-bond donors (Lipinski definition) is 0. The minimum Gasteiger partial charge on any atom is -0.462 e. The van der Waals surface area contributed by atoms with Crippen molar-refractivity contribution in [1.29, 1.82) is 0 Å². The lowest BCUT2D eigenvalue weighted by molar-refractivity contribution is -0.146. The number of rotatable bonds is 2. The molecule has 5 rings (SSSR count). The minimum atomic E-state index is 0.0111. The number of carbonyl (C=O) groups is 1. The summed E-state index contributed by atoms with van der Waals surface area (Å²) in [7, 11) is 0. The average Bonchev–Trinajstić information content (AvgIpc) is 3.22. The highest BCUT2D eigenvalue weighted by Gasteiger charge is 2.78. The molecule has 0 bridgehead atoms. The minimum absolute atomic E-state index is 0.0111. The Bertz CT molecular complexity index is 619. The van der Waals surface area contributed by atoms with Crippen molar-refractivity contribution < 1.29 is 14.3 Å². The standard InChI is InChI=1S/C22H35NO3/c1-14-7-5-9-21(4)11-16-17(18-22(14,21)26-18)15(19(24)25-16)12-23-10-6-8-20(2,3)13-23/h14-18H,5-13H2,1-4H3/t14-,15+,16-,17-,18+,21-,22+/m1/s1. The summed E-state index contributed by atoms with van der Waals surface area (Å²) in [5.41, 5.74) is 0.582. The van der Waals surface area contributed by atoms with E-state index in [4.69, 9.17) is 9.47 Å². The van der Waals surface area contributed by atoms with Gasteiger partial charge in [0.25, 0.3) is 0 Å². The first-order valence-electron chi connectivity index (χ1n) is 10.9. The topological polar surface area (TPSA) is 42.1 Å². The molecule has 146 valence electrons. The number of piperidine rings is 1. The van der Waals surface area contributed by atoms with Gasteiger partial charge in [0.15, 0.2) is 0 Å². The molecule has 5 aliphatic rings. The molecule has 3 heterocycles. The molecule has 5 fully saturated rings. The van der Waals surface area contributed by atoms with Crippen LogP contribution in [0.15, 0.2) is 0 Å². The summed E-state index contributed by atoms with van der Waals surface area (Å²) < 4.78 is 12.5. The predicted molar refractivity (Wildman–Crippen MR) is 99.7 cm³/mol. The monoisotopic (exact) mass is 361 g/mol. The summed E-state index contributed by atoms with van der Waals surface area (Å²) in [6.45, 7) is 12.6. The zero-order valence-electron chi connectivity index (χ0n) is 16.9. The van der Waals surface area contributed by atoms with Gasteiger partial charge in [-0.3, -0.25) is 4.79 Å². The van der Waals surface area contributed by atoms with Crippen molar-refractivity contribution in [3.05, 3.63) is 0 Å². The van der Waals surface area contributed by atoms with E-state index in [2.05, 4.69) is 32.6 Å². The van der Waals surface area contributed by atoms with Crippen LogP contribution in [-0.2, 0) is 14.3 Å². The number of epoxide rings is 1. The van der Waals surface area contributed by atoms with Gasteiger partial charge in [-0.15, -0.1) is 0 Å². The van der Waals surface area contributed by atoms with Gasteiger partial charge in [0.1, 0.15) is 11.7 Å². The van der Waals surface area contributed by atoms with Crippen LogP contribution in [0.25, 0.3) is 0 Å². The molecule has 2 aliphatic carbocycles. The second kappa shape index (κ2) is 5.47. The van der Waals surface area contributed by atoms with Crippen molar-refractivity contribution in [3.8, 4) is 0 Å². The summed E-state index contributed by atoms with van der Waals surface area (Å²) >= 11 is 0. The van der Waals surface area contributed by atoms with Crippen molar-refractivity contribution in [2.75, 3.05) is 19.6 Å². The van der Waals surface area contributed by atoms with E-state index in [1.165, 1.54) is 32.1 Å². The highest BCUT2D eigenvalue weighted by Crippen LogP contribution is 2.70. The molecular formula is C22H35NO3. The third-order valence-electron chi connectivity index (χ3n) is 8.63. The van der Waals surface area contributed by atoms with Gasteiger partial charge in [0, 0.05) is 24.4 Å². The van der Waals surface area contributed by atoms with E-state index < -0.39 is 0 Å². The van der Waals surface area contributed by atoms with Crippen LogP contribution in [0.4, 0.5) is 0 Å². The molecule has 4 heteroatoms. The van der Waals surface area contributed by atoms with E-state index in [1.54, 1.807) is 0 Å². The molecule has 26 heavy (non-hydrogen) atoms. The Kier molecular flexibility index (Phi) is 3.68. The molecule has 3 saturated heterocycles. The van der Waals surface area contributed by atoms with Gasteiger partial charge < -0.3 is 14.4 Å².